The standard InChI is InChI=1S/C46H31N/c1-2-12-32(13-3-1)33-22-26-37(27-23-33)47(46-31-36-15-5-7-17-40(36)42-19-10-11-21-44(42)46)38-28-24-34(25-29-38)45-30-35-14-4-6-16-39(35)41-18-8-9-20-43(41)45/h1-31H/i1D,2D,3D,12D,13D,22D,23D,24D,25D,26D,27D,28D,29D. The fraction of sp³-hybridized carbons (Fsp3) is 0. The third-order valence-electron chi connectivity index (χ3n) is 8.45. The van der Waals surface area contributed by atoms with Gasteiger partial charge in [-0.1, -0.05) is 151 Å². The molecule has 47 heavy (non-hydrogen) atoms. The van der Waals surface area contributed by atoms with Gasteiger partial charge in [0.2, 0.25) is 0 Å². The summed E-state index contributed by atoms with van der Waals surface area (Å²) in [5.74, 6) is 0. The summed E-state index contributed by atoms with van der Waals surface area (Å²) in [5.41, 5.74) is -1.04. The Morgan fingerprint density at radius 3 is 1.43 bits per heavy atom. The van der Waals surface area contributed by atoms with Gasteiger partial charge in [-0.25, -0.2) is 0 Å². The van der Waals surface area contributed by atoms with Gasteiger partial charge in [-0.05, 0) is 96.3 Å². The van der Waals surface area contributed by atoms with Crippen LogP contribution in [0.3, 0.4) is 0 Å². The van der Waals surface area contributed by atoms with Gasteiger partial charge >= 0.3 is 0 Å². The first kappa shape index (κ1) is 16.9. The van der Waals surface area contributed by atoms with Crippen molar-refractivity contribution in [1.82, 2.24) is 0 Å². The molecule has 0 atom stereocenters. The van der Waals surface area contributed by atoms with Crippen molar-refractivity contribution in [3.05, 3.63) is 188 Å². The van der Waals surface area contributed by atoms with Gasteiger partial charge in [0.15, 0.2) is 0 Å². The topological polar surface area (TPSA) is 3.24 Å². The van der Waals surface area contributed by atoms with Gasteiger partial charge in [-0.3, -0.25) is 0 Å². The van der Waals surface area contributed by atoms with E-state index in [2.05, 4.69) is 0 Å². The van der Waals surface area contributed by atoms with E-state index in [1.54, 1.807) is 18.2 Å². The van der Waals surface area contributed by atoms with E-state index >= 15 is 0 Å². The zero-order valence-corrected chi connectivity index (χ0v) is 24.8. The van der Waals surface area contributed by atoms with Gasteiger partial charge in [-0.2, -0.15) is 0 Å². The lowest BCUT2D eigenvalue weighted by atomic mass is 9.93. The zero-order chi connectivity index (χ0) is 42.5. The maximum atomic E-state index is 9.69. The summed E-state index contributed by atoms with van der Waals surface area (Å²) in [7, 11) is 0. The molecular weight excluding hydrogens is 567 g/mol. The number of rotatable bonds is 5. The molecule has 0 saturated carbocycles. The minimum Gasteiger partial charge on any atom is -0.310 e. The quantitative estimate of drug-likeness (QED) is 0.175. The fourth-order valence-electron chi connectivity index (χ4n) is 6.30. The number of nitrogens with zero attached hydrogens (tertiary/aromatic N) is 1. The van der Waals surface area contributed by atoms with Crippen LogP contribution in [0.1, 0.15) is 17.8 Å². The van der Waals surface area contributed by atoms with E-state index in [4.69, 9.17) is 6.85 Å². The zero-order valence-electron chi connectivity index (χ0n) is 37.8. The minimum atomic E-state index is -0.728. The van der Waals surface area contributed by atoms with Crippen LogP contribution in [0.4, 0.5) is 17.1 Å². The fourth-order valence-corrected chi connectivity index (χ4v) is 6.30. The van der Waals surface area contributed by atoms with Crippen molar-refractivity contribution >= 4 is 60.2 Å². The third-order valence-corrected chi connectivity index (χ3v) is 8.45. The Labute approximate surface area is 292 Å². The molecule has 0 fully saturated rings. The largest absolute Gasteiger partial charge is 0.310 e. The van der Waals surface area contributed by atoms with Crippen LogP contribution in [0.5, 0.6) is 0 Å². The molecule has 1 nitrogen and oxygen atoms in total. The highest BCUT2D eigenvalue weighted by Crippen LogP contribution is 2.43. The Balaban J connectivity index is 1.41. The van der Waals surface area contributed by atoms with Crippen LogP contribution in [0.15, 0.2) is 188 Å². The molecule has 0 saturated heterocycles. The minimum absolute atomic E-state index is 0.0371. The smallest absolute Gasteiger partial charge is 0.0645 e. The summed E-state index contributed by atoms with van der Waals surface area (Å²) in [6, 6.07) is 25.4. The molecule has 220 valence electrons. The molecule has 9 aromatic carbocycles. The highest BCUT2D eigenvalue weighted by atomic mass is 15.1. The molecule has 0 aliphatic carbocycles. The molecule has 9 rings (SSSR count). The van der Waals surface area contributed by atoms with Crippen molar-refractivity contribution in [3.8, 4) is 22.3 Å². The van der Waals surface area contributed by atoms with E-state index in [1.165, 1.54) is 4.90 Å². The molecular formula is C46H31N. The van der Waals surface area contributed by atoms with Crippen molar-refractivity contribution in [2.75, 3.05) is 4.90 Å². The molecule has 9 aromatic rings. The predicted molar refractivity (Wildman–Crippen MR) is 202 cm³/mol. The van der Waals surface area contributed by atoms with Gasteiger partial charge in [0.1, 0.15) is 0 Å². The summed E-state index contributed by atoms with van der Waals surface area (Å²) in [4.78, 5) is 1.24. The van der Waals surface area contributed by atoms with Gasteiger partial charge in [0.05, 0.1) is 23.5 Å². The lowest BCUT2D eigenvalue weighted by molar-refractivity contribution is 1.30. The third kappa shape index (κ3) is 4.72. The van der Waals surface area contributed by atoms with Crippen molar-refractivity contribution < 1.29 is 17.8 Å². The highest BCUT2D eigenvalue weighted by Gasteiger charge is 2.18. The van der Waals surface area contributed by atoms with Gasteiger partial charge in [0, 0.05) is 16.8 Å². The second-order valence-corrected chi connectivity index (χ2v) is 11.1. The van der Waals surface area contributed by atoms with Crippen LogP contribution in [-0.2, 0) is 0 Å². The van der Waals surface area contributed by atoms with E-state index in [1.807, 2.05) is 91.0 Å². The Morgan fingerprint density at radius 2 is 0.809 bits per heavy atom. The van der Waals surface area contributed by atoms with E-state index in [-0.39, 0.29) is 16.9 Å². The normalized spacial score (nSPS) is 15.3. The molecule has 0 bridgehead atoms. The SMILES string of the molecule is [2H]c1c([2H])c([2H])c(-c2c([2H])c([2H])c(N(c3c([2H])c([2H])c(-c4cc5ccccc5c5ccccc45)c([2H])c3[2H])c3cc4ccccc4c4ccccc34)c([2H])c2[2H])c([2H])c1[2H]. The first-order valence-corrected chi connectivity index (χ1v) is 15.1. The molecule has 0 aliphatic rings. The lowest BCUT2D eigenvalue weighted by Gasteiger charge is -2.28. The highest BCUT2D eigenvalue weighted by molar-refractivity contribution is 6.15. The Hall–Kier alpha value is -6.18. The molecule has 0 unspecified atom stereocenters. The number of hydrogen-bond donors (Lipinski definition) is 0. The van der Waals surface area contributed by atoms with E-state index in [0.717, 1.165) is 26.9 Å². The van der Waals surface area contributed by atoms with Gasteiger partial charge < -0.3 is 4.90 Å². The molecule has 1 heteroatoms. The average molecular weight is 611 g/mol. The maximum absolute atomic E-state index is 9.69. The van der Waals surface area contributed by atoms with Gasteiger partial charge in [-0.15, -0.1) is 0 Å². The van der Waals surface area contributed by atoms with Crippen molar-refractivity contribution in [2.45, 2.75) is 0 Å². The van der Waals surface area contributed by atoms with Crippen LogP contribution in [0, 0.1) is 0 Å². The first-order valence-electron chi connectivity index (χ1n) is 21.6. The van der Waals surface area contributed by atoms with E-state index < -0.39 is 95.4 Å². The number of fused-ring (bicyclic) bond motifs is 6. The Kier molecular flexibility index (Phi) is 4.08. The molecule has 0 radical (unpaired) electrons. The van der Waals surface area contributed by atoms with Crippen LogP contribution >= 0.6 is 0 Å². The second kappa shape index (κ2) is 11.3. The van der Waals surface area contributed by atoms with Crippen LogP contribution in [-0.4, -0.2) is 0 Å². The number of benzene rings is 9. The van der Waals surface area contributed by atoms with E-state index in [9.17, 15) is 11.0 Å². The van der Waals surface area contributed by atoms with Gasteiger partial charge in [0.25, 0.3) is 0 Å². The van der Waals surface area contributed by atoms with Crippen molar-refractivity contribution in [3.63, 3.8) is 0 Å². The maximum Gasteiger partial charge on any atom is 0.0645 e. The average Bonchev–Trinajstić information content (AvgIpc) is 3.26. The Bertz CT molecular complexity index is 3240. The molecule has 0 N–H and O–H groups in total. The predicted octanol–water partition coefficient (Wildman–Crippen LogP) is 13.1. The number of hydrogen-bond acceptors (Lipinski definition) is 1. The molecule has 0 aromatic heterocycles. The summed E-state index contributed by atoms with van der Waals surface area (Å²) in [5, 5.41) is 6.19. The summed E-state index contributed by atoms with van der Waals surface area (Å²) in [6.07, 6.45) is 0. The number of anilines is 3. The Morgan fingerprint density at radius 1 is 0.362 bits per heavy atom. The monoisotopic (exact) mass is 610 g/mol. The lowest BCUT2D eigenvalue weighted by Crippen LogP contribution is -2.10. The summed E-state index contributed by atoms with van der Waals surface area (Å²) in [6.45, 7) is 0. The second-order valence-electron chi connectivity index (χ2n) is 11.1. The molecule has 0 spiro atoms. The van der Waals surface area contributed by atoms with Crippen molar-refractivity contribution in [2.24, 2.45) is 0 Å². The van der Waals surface area contributed by atoms with Crippen LogP contribution in [0.2, 0.25) is 0 Å². The van der Waals surface area contributed by atoms with Crippen LogP contribution < -0.4 is 4.90 Å². The van der Waals surface area contributed by atoms with Crippen LogP contribution in [0.25, 0.3) is 65.3 Å². The molecule has 0 heterocycles. The first-order chi connectivity index (χ1) is 28.7. The van der Waals surface area contributed by atoms with E-state index in [0.29, 0.717) is 21.7 Å². The summed E-state index contributed by atoms with van der Waals surface area (Å²) >= 11 is 0. The van der Waals surface area contributed by atoms with Crippen molar-refractivity contribution in [1.29, 1.82) is 0 Å². The molecule has 0 aliphatic heterocycles. The molecule has 0 amide bonds. The summed E-state index contributed by atoms with van der Waals surface area (Å²) < 4.78 is 118.